The first-order valence-electron chi connectivity index (χ1n) is 8.74. The van der Waals surface area contributed by atoms with Gasteiger partial charge in [-0.2, -0.15) is 0 Å². The molecule has 1 aliphatic rings. The van der Waals surface area contributed by atoms with Crippen LogP contribution in [0.25, 0.3) is 0 Å². The van der Waals surface area contributed by atoms with Crippen molar-refractivity contribution in [2.45, 2.75) is 59.5 Å². The van der Waals surface area contributed by atoms with Gasteiger partial charge >= 0.3 is 6.03 Å². The Balaban J connectivity index is 2.16. The molecular formula is C17H35N3O2. The predicted octanol–water partition coefficient (Wildman–Crippen LogP) is 2.20. The molecule has 1 heterocycles. The molecule has 0 aromatic heterocycles. The first-order chi connectivity index (χ1) is 10.3. The van der Waals surface area contributed by atoms with Crippen molar-refractivity contribution in [3.8, 4) is 0 Å². The van der Waals surface area contributed by atoms with Crippen LogP contribution in [0, 0.1) is 11.3 Å². The van der Waals surface area contributed by atoms with E-state index in [-0.39, 0.29) is 17.6 Å². The summed E-state index contributed by atoms with van der Waals surface area (Å²) in [5, 5.41) is 15.4. The van der Waals surface area contributed by atoms with Crippen LogP contribution in [0.5, 0.6) is 0 Å². The van der Waals surface area contributed by atoms with E-state index in [1.165, 1.54) is 25.8 Å². The molecule has 2 amide bonds. The van der Waals surface area contributed by atoms with Crippen molar-refractivity contribution in [3.63, 3.8) is 0 Å². The molecule has 0 bridgehead atoms. The summed E-state index contributed by atoms with van der Waals surface area (Å²) in [6, 6.07) is -0.0883. The summed E-state index contributed by atoms with van der Waals surface area (Å²) in [6.45, 7) is 13.0. The zero-order chi connectivity index (χ0) is 16.6. The maximum absolute atomic E-state index is 11.9. The van der Waals surface area contributed by atoms with E-state index in [0.29, 0.717) is 18.9 Å². The average molecular weight is 313 g/mol. The van der Waals surface area contributed by atoms with Gasteiger partial charge in [-0.3, -0.25) is 0 Å². The number of urea groups is 1. The first-order valence-corrected chi connectivity index (χ1v) is 8.74. The topological polar surface area (TPSA) is 64.6 Å². The van der Waals surface area contributed by atoms with Crippen LogP contribution in [0.4, 0.5) is 4.79 Å². The standard InChI is InChI=1S/C17H35N3O2/c1-5-8-20-9-6-15(7-10-20)12-18-16(22)19-13-17(3,4)11-14(2)21/h14-15,21H,5-13H2,1-4H3,(H2,18,19,22). The SMILES string of the molecule is CCCN1CCC(CNC(=O)NCC(C)(C)CC(C)O)CC1. The van der Waals surface area contributed by atoms with E-state index < -0.39 is 0 Å². The Morgan fingerprint density at radius 2 is 1.95 bits per heavy atom. The molecule has 1 aliphatic heterocycles. The van der Waals surface area contributed by atoms with Crippen molar-refractivity contribution in [3.05, 3.63) is 0 Å². The van der Waals surface area contributed by atoms with E-state index in [4.69, 9.17) is 0 Å². The van der Waals surface area contributed by atoms with E-state index in [9.17, 15) is 9.90 Å². The fraction of sp³-hybridized carbons (Fsp3) is 0.941. The summed E-state index contributed by atoms with van der Waals surface area (Å²) >= 11 is 0. The summed E-state index contributed by atoms with van der Waals surface area (Å²) < 4.78 is 0. The number of piperidine rings is 1. The molecule has 1 atom stereocenters. The van der Waals surface area contributed by atoms with Crippen LogP contribution in [0.1, 0.15) is 53.4 Å². The summed E-state index contributed by atoms with van der Waals surface area (Å²) in [6.07, 6.45) is 3.91. The van der Waals surface area contributed by atoms with E-state index in [1.54, 1.807) is 6.92 Å². The molecule has 5 heteroatoms. The fourth-order valence-electron chi connectivity index (χ4n) is 3.22. The Hall–Kier alpha value is -0.810. The second kappa shape index (κ2) is 9.36. The van der Waals surface area contributed by atoms with Gasteiger partial charge in [0.25, 0.3) is 0 Å². The number of aliphatic hydroxyl groups is 1. The van der Waals surface area contributed by atoms with Crippen molar-refractivity contribution in [2.24, 2.45) is 11.3 Å². The maximum atomic E-state index is 11.9. The van der Waals surface area contributed by atoms with Gasteiger partial charge in [-0.15, -0.1) is 0 Å². The molecular weight excluding hydrogens is 278 g/mol. The highest BCUT2D eigenvalue weighted by atomic mass is 16.3. The first kappa shape index (κ1) is 19.2. The Morgan fingerprint density at radius 3 is 2.50 bits per heavy atom. The molecule has 0 spiro atoms. The summed E-state index contributed by atoms with van der Waals surface area (Å²) in [7, 11) is 0. The lowest BCUT2D eigenvalue weighted by molar-refractivity contribution is 0.128. The van der Waals surface area contributed by atoms with E-state index in [1.807, 2.05) is 0 Å². The monoisotopic (exact) mass is 313 g/mol. The third-order valence-electron chi connectivity index (χ3n) is 4.37. The molecule has 3 N–H and O–H groups in total. The third kappa shape index (κ3) is 7.99. The van der Waals surface area contributed by atoms with Crippen molar-refractivity contribution < 1.29 is 9.90 Å². The van der Waals surface area contributed by atoms with Crippen LogP contribution in [0.15, 0.2) is 0 Å². The van der Waals surface area contributed by atoms with Crippen LogP contribution in [-0.4, -0.2) is 54.9 Å². The van der Waals surface area contributed by atoms with E-state index in [2.05, 4.69) is 36.3 Å². The zero-order valence-corrected chi connectivity index (χ0v) is 14.8. The van der Waals surface area contributed by atoms with Gasteiger partial charge < -0.3 is 20.6 Å². The van der Waals surface area contributed by atoms with Gasteiger partial charge in [0, 0.05) is 13.1 Å². The largest absolute Gasteiger partial charge is 0.393 e. The molecule has 22 heavy (non-hydrogen) atoms. The van der Waals surface area contributed by atoms with Gasteiger partial charge in [-0.25, -0.2) is 4.79 Å². The number of amides is 2. The lowest BCUT2D eigenvalue weighted by atomic mass is 9.87. The molecule has 0 aromatic carbocycles. The number of carbonyl (C=O) groups excluding carboxylic acids is 1. The van der Waals surface area contributed by atoms with Gasteiger partial charge in [0.05, 0.1) is 6.10 Å². The zero-order valence-electron chi connectivity index (χ0n) is 14.8. The van der Waals surface area contributed by atoms with Crippen LogP contribution < -0.4 is 10.6 Å². The van der Waals surface area contributed by atoms with Crippen LogP contribution in [-0.2, 0) is 0 Å². The van der Waals surface area contributed by atoms with E-state index in [0.717, 1.165) is 19.6 Å². The number of likely N-dealkylation sites (tertiary alicyclic amines) is 1. The fourth-order valence-corrected chi connectivity index (χ4v) is 3.22. The molecule has 0 radical (unpaired) electrons. The molecule has 1 unspecified atom stereocenters. The van der Waals surface area contributed by atoms with Crippen LogP contribution in [0.3, 0.4) is 0 Å². The van der Waals surface area contributed by atoms with Gasteiger partial charge in [0.15, 0.2) is 0 Å². The minimum atomic E-state index is -0.340. The second-order valence-corrected chi connectivity index (χ2v) is 7.57. The van der Waals surface area contributed by atoms with E-state index >= 15 is 0 Å². The molecule has 130 valence electrons. The number of nitrogens with one attached hydrogen (secondary N) is 2. The summed E-state index contributed by atoms with van der Waals surface area (Å²) in [5.74, 6) is 0.601. The number of aliphatic hydroxyl groups excluding tert-OH is 1. The summed E-state index contributed by atoms with van der Waals surface area (Å²) in [5.41, 5.74) is -0.0863. The minimum Gasteiger partial charge on any atom is -0.393 e. The Labute approximate surface area is 135 Å². The molecule has 1 saturated heterocycles. The van der Waals surface area contributed by atoms with Crippen molar-refractivity contribution in [1.29, 1.82) is 0 Å². The Morgan fingerprint density at radius 1 is 1.32 bits per heavy atom. The van der Waals surface area contributed by atoms with Gasteiger partial charge in [0.1, 0.15) is 0 Å². The second-order valence-electron chi connectivity index (χ2n) is 7.57. The van der Waals surface area contributed by atoms with Crippen molar-refractivity contribution in [2.75, 3.05) is 32.7 Å². The molecule has 5 nitrogen and oxygen atoms in total. The predicted molar refractivity (Wildman–Crippen MR) is 90.9 cm³/mol. The molecule has 0 aliphatic carbocycles. The third-order valence-corrected chi connectivity index (χ3v) is 4.37. The summed E-state index contributed by atoms with van der Waals surface area (Å²) in [4.78, 5) is 14.4. The quantitative estimate of drug-likeness (QED) is 0.644. The minimum absolute atomic E-state index is 0.0863. The van der Waals surface area contributed by atoms with Gasteiger partial charge in [-0.1, -0.05) is 20.8 Å². The highest BCUT2D eigenvalue weighted by Crippen LogP contribution is 2.21. The smallest absolute Gasteiger partial charge is 0.314 e. The molecule has 1 fully saturated rings. The molecule has 1 rings (SSSR count). The lowest BCUT2D eigenvalue weighted by Gasteiger charge is -2.32. The number of carbonyl (C=O) groups is 1. The maximum Gasteiger partial charge on any atom is 0.314 e. The number of rotatable bonds is 8. The molecule has 0 saturated carbocycles. The van der Waals surface area contributed by atoms with Crippen molar-refractivity contribution >= 4 is 6.03 Å². The highest BCUT2D eigenvalue weighted by molar-refractivity contribution is 5.73. The highest BCUT2D eigenvalue weighted by Gasteiger charge is 2.22. The number of nitrogens with zero attached hydrogens (tertiary/aromatic N) is 1. The Bertz CT molecular complexity index is 324. The van der Waals surface area contributed by atoms with Crippen LogP contribution >= 0.6 is 0 Å². The average Bonchev–Trinajstić information content (AvgIpc) is 2.43. The van der Waals surface area contributed by atoms with Crippen molar-refractivity contribution in [1.82, 2.24) is 15.5 Å². The number of hydrogen-bond acceptors (Lipinski definition) is 3. The number of hydrogen-bond donors (Lipinski definition) is 3. The van der Waals surface area contributed by atoms with Gasteiger partial charge in [-0.05, 0) is 63.6 Å². The molecule has 0 aromatic rings. The van der Waals surface area contributed by atoms with Gasteiger partial charge in [0.2, 0.25) is 0 Å². The normalized spacial score (nSPS) is 19.0. The van der Waals surface area contributed by atoms with Crippen LogP contribution in [0.2, 0.25) is 0 Å². The Kier molecular flexibility index (Phi) is 8.18. The lowest BCUT2D eigenvalue weighted by Crippen LogP contribution is -2.44.